The molecule has 168 valence electrons. The van der Waals surface area contributed by atoms with Gasteiger partial charge in [0, 0.05) is 21.3 Å². The third-order valence-corrected chi connectivity index (χ3v) is 6.41. The number of hydrogen-bond acceptors (Lipinski definition) is 5. The van der Waals surface area contributed by atoms with Crippen molar-refractivity contribution >= 4 is 44.6 Å². The highest BCUT2D eigenvalue weighted by Gasteiger charge is 2.34. The molecule has 0 amide bonds. The molecule has 0 aromatic heterocycles. The van der Waals surface area contributed by atoms with Crippen LogP contribution in [-0.2, 0) is 0 Å². The van der Waals surface area contributed by atoms with E-state index in [1.54, 1.807) is 30.3 Å². The molecule has 0 aliphatic heterocycles. The first kappa shape index (κ1) is 21.9. The third kappa shape index (κ3) is 3.86. The molecule has 0 saturated carbocycles. The van der Waals surface area contributed by atoms with Crippen molar-refractivity contribution in [1.29, 1.82) is 0 Å². The zero-order valence-corrected chi connectivity index (χ0v) is 20.2. The highest BCUT2D eigenvalue weighted by atomic mass is 79.9. The summed E-state index contributed by atoms with van der Waals surface area (Å²) in [5.74, 6) is 0.972. The van der Waals surface area contributed by atoms with Crippen LogP contribution in [0.1, 0.15) is 43.0 Å². The van der Waals surface area contributed by atoms with Gasteiger partial charge in [-0.2, -0.15) is 0 Å². The maximum Gasteiger partial charge on any atom is 0.196 e. The largest absolute Gasteiger partial charge is 0.457 e. The molecule has 1 aliphatic carbocycles. The molecule has 4 aromatic carbocycles. The van der Waals surface area contributed by atoms with Crippen LogP contribution in [-0.4, -0.2) is 11.6 Å². The van der Waals surface area contributed by atoms with Gasteiger partial charge in [-0.15, -0.1) is 0 Å². The molecule has 5 rings (SSSR count). The van der Waals surface area contributed by atoms with Crippen LogP contribution >= 0.6 is 15.9 Å². The molecule has 0 atom stereocenters. The van der Waals surface area contributed by atoms with Crippen LogP contribution in [0.4, 0.5) is 17.1 Å². The minimum Gasteiger partial charge on any atom is -0.457 e. The Morgan fingerprint density at radius 3 is 1.97 bits per heavy atom. The summed E-state index contributed by atoms with van der Waals surface area (Å²) in [6.45, 7) is 4.06. The number of hydrogen-bond donors (Lipinski definition) is 2. The number of carbonyl (C=O) groups excluding carboxylic acids is 2. The summed E-state index contributed by atoms with van der Waals surface area (Å²) < 4.78 is 6.54. The fraction of sp³-hybridized carbons (Fsp3) is 0.0714. The number of anilines is 3. The van der Waals surface area contributed by atoms with Crippen molar-refractivity contribution in [2.24, 2.45) is 0 Å². The number of ketones is 2. The van der Waals surface area contributed by atoms with E-state index in [1.807, 2.05) is 50.2 Å². The number of aryl methyl sites for hydroxylation is 2. The highest BCUT2D eigenvalue weighted by Crippen LogP contribution is 2.40. The van der Waals surface area contributed by atoms with Crippen LogP contribution in [0.5, 0.6) is 11.5 Å². The van der Waals surface area contributed by atoms with E-state index in [2.05, 4.69) is 27.3 Å². The van der Waals surface area contributed by atoms with Crippen molar-refractivity contribution in [2.45, 2.75) is 13.8 Å². The minimum absolute atomic E-state index is 0.218. The molecule has 0 fully saturated rings. The first-order chi connectivity index (χ1) is 16.3. The Morgan fingerprint density at radius 2 is 1.35 bits per heavy atom. The number of carbonyl (C=O) groups is 2. The third-order valence-electron chi connectivity index (χ3n) is 5.75. The Hall–Kier alpha value is -3.90. The molecular formula is C28H21BrN2O3. The summed E-state index contributed by atoms with van der Waals surface area (Å²) in [5, 5.41) is 3.28. The summed E-state index contributed by atoms with van der Waals surface area (Å²) in [4.78, 5) is 26.6. The van der Waals surface area contributed by atoms with Gasteiger partial charge < -0.3 is 15.8 Å². The van der Waals surface area contributed by atoms with E-state index in [0.717, 1.165) is 22.6 Å². The van der Waals surface area contributed by atoms with Crippen LogP contribution in [0, 0.1) is 13.8 Å². The Bertz CT molecular complexity index is 1460. The van der Waals surface area contributed by atoms with Crippen LogP contribution in [0.3, 0.4) is 0 Å². The topological polar surface area (TPSA) is 81.4 Å². The number of rotatable bonds is 4. The number of ether oxygens (including phenoxy) is 1. The Morgan fingerprint density at radius 1 is 0.765 bits per heavy atom. The Kier molecular flexibility index (Phi) is 5.46. The lowest BCUT2D eigenvalue weighted by atomic mass is 9.82. The maximum absolute atomic E-state index is 13.4. The number of nitrogens with two attached hydrogens (primary N) is 1. The van der Waals surface area contributed by atoms with Crippen molar-refractivity contribution in [3.05, 3.63) is 111 Å². The second-order valence-corrected chi connectivity index (χ2v) is 9.20. The van der Waals surface area contributed by atoms with Gasteiger partial charge in [-0.1, -0.05) is 30.3 Å². The van der Waals surface area contributed by atoms with Crippen molar-refractivity contribution < 1.29 is 14.3 Å². The van der Waals surface area contributed by atoms with E-state index in [0.29, 0.717) is 27.0 Å². The Labute approximate surface area is 205 Å². The molecule has 0 saturated heterocycles. The van der Waals surface area contributed by atoms with E-state index in [4.69, 9.17) is 10.5 Å². The zero-order valence-electron chi connectivity index (χ0n) is 18.6. The number of halogens is 1. The van der Waals surface area contributed by atoms with Gasteiger partial charge >= 0.3 is 0 Å². The lowest BCUT2D eigenvalue weighted by Crippen LogP contribution is -2.23. The summed E-state index contributed by atoms with van der Waals surface area (Å²) in [7, 11) is 0. The molecule has 0 spiro atoms. The molecule has 0 heterocycles. The lowest BCUT2D eigenvalue weighted by molar-refractivity contribution is 0.0980. The molecule has 0 bridgehead atoms. The van der Waals surface area contributed by atoms with Crippen LogP contribution < -0.4 is 15.8 Å². The minimum atomic E-state index is -0.260. The van der Waals surface area contributed by atoms with Gasteiger partial charge in [0.15, 0.2) is 11.6 Å². The van der Waals surface area contributed by atoms with Gasteiger partial charge in [0.25, 0.3) is 0 Å². The second kappa shape index (κ2) is 8.47. The van der Waals surface area contributed by atoms with Gasteiger partial charge in [0.2, 0.25) is 0 Å². The predicted octanol–water partition coefficient (Wildman–Crippen LogP) is 6.96. The Balaban J connectivity index is 1.48. The van der Waals surface area contributed by atoms with Crippen molar-refractivity contribution in [1.82, 2.24) is 0 Å². The van der Waals surface area contributed by atoms with E-state index >= 15 is 0 Å². The van der Waals surface area contributed by atoms with Crippen molar-refractivity contribution in [2.75, 3.05) is 11.1 Å². The van der Waals surface area contributed by atoms with Gasteiger partial charge in [0.05, 0.1) is 22.5 Å². The normalized spacial score (nSPS) is 12.2. The van der Waals surface area contributed by atoms with E-state index in [-0.39, 0.29) is 28.4 Å². The first-order valence-electron chi connectivity index (χ1n) is 10.8. The van der Waals surface area contributed by atoms with Crippen molar-refractivity contribution in [3.63, 3.8) is 0 Å². The number of nitrogen functional groups attached to an aromatic ring is 1. The predicted molar refractivity (Wildman–Crippen MR) is 138 cm³/mol. The SMILES string of the molecule is Cc1cc(C)cc(Oc2ccc(Nc3cc(Br)c(N)c4c3C(=O)c3ccccc3C4=O)cc2)c1. The molecule has 1 aliphatic rings. The maximum atomic E-state index is 13.4. The van der Waals surface area contributed by atoms with Crippen LogP contribution in [0.25, 0.3) is 0 Å². The number of fused-ring (bicyclic) bond motifs is 2. The monoisotopic (exact) mass is 512 g/mol. The smallest absolute Gasteiger partial charge is 0.196 e. The summed E-state index contributed by atoms with van der Waals surface area (Å²) in [5.41, 5.74) is 11.2. The highest BCUT2D eigenvalue weighted by molar-refractivity contribution is 9.10. The molecule has 6 heteroatoms. The zero-order chi connectivity index (χ0) is 24.0. The quantitative estimate of drug-likeness (QED) is 0.254. The average molecular weight is 513 g/mol. The van der Waals surface area contributed by atoms with E-state index in [9.17, 15) is 9.59 Å². The second-order valence-electron chi connectivity index (χ2n) is 8.35. The van der Waals surface area contributed by atoms with E-state index in [1.165, 1.54) is 0 Å². The van der Waals surface area contributed by atoms with Crippen LogP contribution in [0.15, 0.2) is 77.3 Å². The van der Waals surface area contributed by atoms with Gasteiger partial charge in [-0.25, -0.2) is 0 Å². The summed E-state index contributed by atoms with van der Waals surface area (Å²) >= 11 is 3.44. The lowest BCUT2D eigenvalue weighted by Gasteiger charge is -2.23. The number of benzene rings is 4. The van der Waals surface area contributed by atoms with Gasteiger partial charge in [-0.05, 0) is 83.4 Å². The van der Waals surface area contributed by atoms with Crippen LogP contribution in [0.2, 0.25) is 0 Å². The molecule has 3 N–H and O–H groups in total. The molecule has 0 radical (unpaired) electrons. The van der Waals surface area contributed by atoms with E-state index < -0.39 is 0 Å². The molecular weight excluding hydrogens is 492 g/mol. The molecule has 0 unspecified atom stereocenters. The van der Waals surface area contributed by atoms with Gasteiger partial charge in [-0.3, -0.25) is 9.59 Å². The fourth-order valence-corrected chi connectivity index (χ4v) is 4.70. The molecule has 4 aromatic rings. The van der Waals surface area contributed by atoms with Gasteiger partial charge in [0.1, 0.15) is 11.5 Å². The summed E-state index contributed by atoms with van der Waals surface area (Å²) in [6, 6.07) is 22.0. The average Bonchev–Trinajstić information content (AvgIpc) is 2.80. The number of nitrogens with one attached hydrogen (secondary N) is 1. The summed E-state index contributed by atoms with van der Waals surface area (Å²) in [6.07, 6.45) is 0. The first-order valence-corrected chi connectivity index (χ1v) is 11.5. The van der Waals surface area contributed by atoms with Crippen molar-refractivity contribution in [3.8, 4) is 11.5 Å². The fourth-order valence-electron chi connectivity index (χ4n) is 4.27. The molecule has 34 heavy (non-hydrogen) atoms. The molecule has 5 nitrogen and oxygen atoms in total. The standard InChI is InChI=1S/C28H21BrN2O3/c1-15-11-16(2)13-19(12-15)34-18-9-7-17(8-10-18)31-23-14-22(29)26(30)25-24(23)27(32)20-5-3-4-6-21(20)28(25)33/h3-14,31H,30H2,1-2H3.